The van der Waals surface area contributed by atoms with E-state index in [1.165, 1.54) is 12.1 Å². The number of amides is 1. The number of rotatable bonds is 6. The highest BCUT2D eigenvalue weighted by atomic mass is 19.2. The van der Waals surface area contributed by atoms with Crippen LogP contribution in [0.5, 0.6) is 5.75 Å². The van der Waals surface area contributed by atoms with Gasteiger partial charge in [0.05, 0.1) is 17.9 Å². The lowest BCUT2D eigenvalue weighted by molar-refractivity contribution is -0.126. The molecule has 0 radical (unpaired) electrons. The van der Waals surface area contributed by atoms with Crippen LogP contribution in [-0.2, 0) is 17.9 Å². The topological polar surface area (TPSA) is 85.5 Å². The monoisotopic (exact) mass is 648 g/mol. The number of ether oxygens (including phenoxy) is 1. The maximum atomic E-state index is 15.6. The molecule has 5 aromatic rings. The summed E-state index contributed by atoms with van der Waals surface area (Å²) in [4.78, 5) is 35.3. The number of nitrogens with zero attached hydrogens (tertiary/aromatic N) is 6. The molecule has 2 aromatic heterocycles. The fraction of sp³-hybridized carbons (Fsp3) is 0.297. The lowest BCUT2D eigenvalue weighted by Crippen LogP contribution is -2.54. The molecular weight excluding hydrogens is 614 g/mol. The highest BCUT2D eigenvalue weighted by Crippen LogP contribution is 2.49. The van der Waals surface area contributed by atoms with Crippen molar-refractivity contribution in [3.8, 4) is 22.6 Å². The van der Waals surface area contributed by atoms with Crippen LogP contribution in [-0.4, -0.2) is 55.8 Å². The van der Waals surface area contributed by atoms with E-state index in [-0.39, 0.29) is 30.0 Å². The van der Waals surface area contributed by atoms with Crippen molar-refractivity contribution in [2.45, 2.75) is 51.8 Å². The maximum Gasteiger partial charge on any atom is 0.354 e. The van der Waals surface area contributed by atoms with Gasteiger partial charge in [-0.05, 0) is 56.0 Å². The second-order valence-electron chi connectivity index (χ2n) is 12.9. The summed E-state index contributed by atoms with van der Waals surface area (Å²) in [7, 11) is 0. The SMILES string of the molecule is C=CC(=O)N1CCN(c2nc(=O)n(-c3cn(Cc4ccccc4)nc3C3CC3)c3c4c(c(C)cc23)-c2c(ccc(F)c2F)CO4)[C@@H](C)C1. The van der Waals surface area contributed by atoms with Crippen LogP contribution in [0.15, 0.2) is 72.2 Å². The Morgan fingerprint density at radius 3 is 2.62 bits per heavy atom. The molecule has 0 bridgehead atoms. The van der Waals surface area contributed by atoms with E-state index in [0.717, 1.165) is 30.2 Å². The smallest absolute Gasteiger partial charge is 0.354 e. The third kappa shape index (κ3) is 4.87. The molecule has 3 aliphatic rings. The fourth-order valence-electron chi connectivity index (χ4n) is 7.19. The summed E-state index contributed by atoms with van der Waals surface area (Å²) >= 11 is 0. The number of carbonyl (C=O) groups excluding carboxylic acids is 1. The van der Waals surface area contributed by atoms with Crippen molar-refractivity contribution >= 4 is 22.6 Å². The van der Waals surface area contributed by atoms with Gasteiger partial charge < -0.3 is 14.5 Å². The van der Waals surface area contributed by atoms with Crippen LogP contribution in [0.4, 0.5) is 14.6 Å². The van der Waals surface area contributed by atoms with Gasteiger partial charge in [0.2, 0.25) is 5.91 Å². The molecule has 0 unspecified atom stereocenters. The molecule has 1 saturated heterocycles. The lowest BCUT2D eigenvalue weighted by Gasteiger charge is -2.40. The van der Waals surface area contributed by atoms with Crippen LogP contribution in [0, 0.1) is 18.6 Å². The number of halogens is 2. The minimum atomic E-state index is -0.951. The fourth-order valence-corrected chi connectivity index (χ4v) is 7.19. The number of piperazine rings is 1. The quantitative estimate of drug-likeness (QED) is 0.214. The summed E-state index contributed by atoms with van der Waals surface area (Å²) < 4.78 is 40.1. The van der Waals surface area contributed by atoms with Crippen molar-refractivity contribution in [3.05, 3.63) is 112 Å². The van der Waals surface area contributed by atoms with Crippen LogP contribution in [0.1, 0.15) is 48.1 Å². The van der Waals surface area contributed by atoms with Crippen LogP contribution in [0.2, 0.25) is 0 Å². The minimum Gasteiger partial charge on any atom is -0.486 e. The van der Waals surface area contributed by atoms with Crippen molar-refractivity contribution in [2.75, 3.05) is 24.5 Å². The predicted molar refractivity (Wildman–Crippen MR) is 179 cm³/mol. The van der Waals surface area contributed by atoms with Crippen LogP contribution in [0.25, 0.3) is 27.7 Å². The Hall–Kier alpha value is -5.32. The first-order chi connectivity index (χ1) is 23.2. The van der Waals surface area contributed by atoms with Gasteiger partial charge in [-0.2, -0.15) is 10.1 Å². The number of aryl methyl sites for hydroxylation is 1. The van der Waals surface area contributed by atoms with Gasteiger partial charge >= 0.3 is 5.69 Å². The van der Waals surface area contributed by atoms with Crippen LogP contribution >= 0.6 is 0 Å². The van der Waals surface area contributed by atoms with Gasteiger partial charge in [-0.25, -0.2) is 13.6 Å². The predicted octanol–water partition coefficient (Wildman–Crippen LogP) is 5.88. The van der Waals surface area contributed by atoms with Gasteiger partial charge in [0.1, 0.15) is 17.9 Å². The molecule has 0 N–H and O–H groups in total. The second kappa shape index (κ2) is 11.4. The van der Waals surface area contributed by atoms with Crippen molar-refractivity contribution in [1.29, 1.82) is 0 Å². The van der Waals surface area contributed by atoms with E-state index in [9.17, 15) is 14.0 Å². The van der Waals surface area contributed by atoms with Crippen molar-refractivity contribution in [1.82, 2.24) is 24.2 Å². The van der Waals surface area contributed by atoms with Gasteiger partial charge in [-0.15, -0.1) is 0 Å². The molecule has 11 heteroatoms. The standard InChI is InChI=1S/C37H34F2N6O3/c1-4-29(46)42-14-15-44(22(3)17-42)36-26-16-21(2)30-31-25(12-13-27(38)32(31)39)20-48-35(30)34(26)45(37(47)40-36)28-19-43(41-33(28)24-10-11-24)18-23-8-6-5-7-9-23/h4-9,12-13,16,19,22,24H,1,10-11,14-15,17-18,20H2,2-3H3/t22-/m0/s1. The zero-order valence-electron chi connectivity index (χ0n) is 26.7. The molecule has 244 valence electrons. The summed E-state index contributed by atoms with van der Waals surface area (Å²) in [5.74, 6) is -1.12. The highest BCUT2D eigenvalue weighted by Gasteiger charge is 2.36. The largest absolute Gasteiger partial charge is 0.486 e. The van der Waals surface area contributed by atoms with Gasteiger partial charge in [0, 0.05) is 59.9 Å². The van der Waals surface area contributed by atoms with Crippen molar-refractivity contribution in [3.63, 3.8) is 0 Å². The lowest BCUT2D eigenvalue weighted by atomic mass is 9.91. The van der Waals surface area contributed by atoms with E-state index in [4.69, 9.17) is 14.8 Å². The molecule has 2 fully saturated rings. The second-order valence-corrected chi connectivity index (χ2v) is 12.9. The number of fused-ring (bicyclic) bond motifs is 5. The first-order valence-electron chi connectivity index (χ1n) is 16.2. The average molecular weight is 649 g/mol. The normalized spacial score (nSPS) is 17.2. The molecule has 3 aromatic carbocycles. The highest BCUT2D eigenvalue weighted by molar-refractivity contribution is 6.02. The van der Waals surface area contributed by atoms with Gasteiger partial charge in [-0.3, -0.25) is 14.0 Å². The molecule has 1 amide bonds. The summed E-state index contributed by atoms with van der Waals surface area (Å²) in [6.45, 7) is 9.24. The summed E-state index contributed by atoms with van der Waals surface area (Å²) in [5.41, 5.74) is 4.07. The van der Waals surface area contributed by atoms with Gasteiger partial charge in [-0.1, -0.05) is 43.0 Å². The Morgan fingerprint density at radius 2 is 1.90 bits per heavy atom. The summed E-state index contributed by atoms with van der Waals surface area (Å²) in [5, 5.41) is 5.60. The first kappa shape index (κ1) is 30.0. The van der Waals surface area contributed by atoms with Gasteiger partial charge in [0.25, 0.3) is 0 Å². The molecule has 1 saturated carbocycles. The molecule has 0 spiro atoms. The van der Waals surface area contributed by atoms with E-state index < -0.39 is 17.3 Å². The number of benzene rings is 3. The molecule has 1 aliphatic carbocycles. The maximum absolute atomic E-state index is 15.6. The Balaban J connectivity index is 1.38. The molecule has 9 nitrogen and oxygen atoms in total. The Morgan fingerprint density at radius 1 is 1.10 bits per heavy atom. The van der Waals surface area contributed by atoms with Crippen molar-refractivity contribution < 1.29 is 18.3 Å². The number of carbonyl (C=O) groups is 1. The Kier molecular flexibility index (Phi) is 7.15. The van der Waals surface area contributed by atoms with E-state index in [0.29, 0.717) is 71.0 Å². The average Bonchev–Trinajstić information content (AvgIpc) is 3.86. The van der Waals surface area contributed by atoms with Crippen LogP contribution in [0.3, 0.4) is 0 Å². The zero-order chi connectivity index (χ0) is 33.3. The number of anilines is 1. The summed E-state index contributed by atoms with van der Waals surface area (Å²) in [6.07, 6.45) is 5.07. The zero-order valence-corrected chi connectivity index (χ0v) is 26.7. The molecule has 2 aliphatic heterocycles. The first-order valence-corrected chi connectivity index (χ1v) is 16.2. The molecule has 48 heavy (non-hydrogen) atoms. The van der Waals surface area contributed by atoms with E-state index in [2.05, 4.69) is 6.58 Å². The van der Waals surface area contributed by atoms with Gasteiger partial charge in [0.15, 0.2) is 17.4 Å². The number of aromatic nitrogens is 4. The third-order valence-electron chi connectivity index (χ3n) is 9.66. The van der Waals surface area contributed by atoms with E-state index >= 15 is 4.39 Å². The molecular formula is C37H34F2N6O3. The summed E-state index contributed by atoms with van der Waals surface area (Å²) in [6, 6.07) is 14.3. The Bertz CT molecular complexity index is 2190. The third-order valence-corrected chi connectivity index (χ3v) is 9.66. The van der Waals surface area contributed by atoms with E-state index in [1.807, 2.05) is 66.0 Å². The molecule has 8 rings (SSSR count). The minimum absolute atomic E-state index is 0.00538. The molecule has 1 atom stereocenters. The Labute approximate surface area is 275 Å². The number of hydrogen-bond donors (Lipinski definition) is 0. The van der Waals surface area contributed by atoms with Crippen molar-refractivity contribution in [2.24, 2.45) is 0 Å². The van der Waals surface area contributed by atoms with Crippen LogP contribution < -0.4 is 15.3 Å². The van der Waals surface area contributed by atoms with E-state index in [1.54, 1.807) is 9.47 Å². The number of hydrogen-bond acceptors (Lipinski definition) is 6. The molecule has 4 heterocycles.